The molecule has 5 heteroatoms. The minimum atomic E-state index is -0.404. The summed E-state index contributed by atoms with van der Waals surface area (Å²) in [5.41, 5.74) is 0.950. The molecule has 3 aliphatic carbocycles. The number of hydrogen-bond donors (Lipinski definition) is 0. The Kier molecular flexibility index (Phi) is 3.52. The molecule has 0 radical (unpaired) electrons. The molecule has 1 heterocycles. The van der Waals surface area contributed by atoms with E-state index in [0.717, 1.165) is 12.8 Å². The van der Waals surface area contributed by atoms with Crippen molar-refractivity contribution in [3.05, 3.63) is 42.0 Å². The summed E-state index contributed by atoms with van der Waals surface area (Å²) in [5.74, 6) is -0.683. The van der Waals surface area contributed by atoms with Gasteiger partial charge in [0.1, 0.15) is 0 Å². The van der Waals surface area contributed by atoms with Crippen molar-refractivity contribution in [2.45, 2.75) is 19.8 Å². The molecule has 0 unspecified atom stereocenters. The van der Waals surface area contributed by atoms with Gasteiger partial charge in [-0.3, -0.25) is 14.5 Å². The second kappa shape index (κ2) is 5.58. The SMILES string of the molecule is CCOC(=O)c1ccc(N2C(=O)[C@@H]3[C@@H](C2=O)[C@H]2C=C[C@H]3CC2)cc1. The summed E-state index contributed by atoms with van der Waals surface area (Å²) >= 11 is 0. The third-order valence-electron chi connectivity index (χ3n) is 5.40. The van der Waals surface area contributed by atoms with Gasteiger partial charge in [-0.15, -0.1) is 0 Å². The number of esters is 1. The molecule has 2 amide bonds. The first-order valence-electron chi connectivity index (χ1n) is 8.45. The van der Waals surface area contributed by atoms with E-state index in [2.05, 4.69) is 12.2 Å². The van der Waals surface area contributed by atoms with Crippen LogP contribution in [-0.2, 0) is 14.3 Å². The van der Waals surface area contributed by atoms with Crippen LogP contribution in [0.3, 0.4) is 0 Å². The summed E-state index contributed by atoms with van der Waals surface area (Å²) < 4.78 is 4.95. The van der Waals surface area contributed by atoms with E-state index < -0.39 is 5.97 Å². The van der Waals surface area contributed by atoms with Crippen molar-refractivity contribution in [1.29, 1.82) is 0 Å². The van der Waals surface area contributed by atoms with Gasteiger partial charge in [0, 0.05) is 0 Å². The zero-order valence-electron chi connectivity index (χ0n) is 13.5. The van der Waals surface area contributed by atoms with Crippen molar-refractivity contribution < 1.29 is 19.1 Å². The molecule has 1 saturated heterocycles. The topological polar surface area (TPSA) is 63.7 Å². The van der Waals surface area contributed by atoms with Crippen LogP contribution in [0.1, 0.15) is 30.1 Å². The predicted molar refractivity (Wildman–Crippen MR) is 87.2 cm³/mol. The largest absolute Gasteiger partial charge is 0.462 e. The Bertz CT molecular complexity index is 704. The van der Waals surface area contributed by atoms with Gasteiger partial charge in [0.2, 0.25) is 11.8 Å². The van der Waals surface area contributed by atoms with Crippen molar-refractivity contribution in [2.75, 3.05) is 11.5 Å². The lowest BCUT2D eigenvalue weighted by atomic mass is 9.63. The van der Waals surface area contributed by atoms with Crippen molar-refractivity contribution in [2.24, 2.45) is 23.7 Å². The Hall–Kier alpha value is -2.43. The molecule has 1 saturated carbocycles. The number of imide groups is 1. The minimum absolute atomic E-state index is 0.104. The lowest BCUT2D eigenvalue weighted by Gasteiger charge is -2.38. The van der Waals surface area contributed by atoms with Gasteiger partial charge in [-0.1, -0.05) is 12.2 Å². The number of amides is 2. The highest BCUT2D eigenvalue weighted by Gasteiger charge is 2.56. The van der Waals surface area contributed by atoms with Crippen LogP contribution in [0.25, 0.3) is 0 Å². The second-order valence-electron chi connectivity index (χ2n) is 6.62. The van der Waals surface area contributed by atoms with Crippen molar-refractivity contribution in [1.82, 2.24) is 0 Å². The molecule has 124 valence electrons. The lowest BCUT2D eigenvalue weighted by Crippen LogP contribution is -2.38. The van der Waals surface area contributed by atoms with Crippen LogP contribution >= 0.6 is 0 Å². The molecule has 2 fully saturated rings. The number of hydrogen-bond acceptors (Lipinski definition) is 4. The fourth-order valence-corrected chi connectivity index (χ4v) is 4.29. The maximum Gasteiger partial charge on any atom is 0.338 e. The van der Waals surface area contributed by atoms with Crippen LogP contribution in [0, 0.1) is 23.7 Å². The summed E-state index contributed by atoms with van der Waals surface area (Å²) in [6.07, 6.45) is 6.18. The lowest BCUT2D eigenvalue weighted by molar-refractivity contribution is -0.124. The van der Waals surface area contributed by atoms with Gasteiger partial charge in [-0.05, 0) is 55.9 Å². The van der Waals surface area contributed by atoms with E-state index in [-0.39, 0.29) is 35.5 Å². The zero-order valence-corrected chi connectivity index (χ0v) is 13.5. The first kappa shape index (κ1) is 15.1. The van der Waals surface area contributed by atoms with Gasteiger partial charge in [-0.2, -0.15) is 0 Å². The number of fused-ring (bicyclic) bond motifs is 1. The maximum absolute atomic E-state index is 12.8. The number of carbonyl (C=O) groups is 3. The Balaban J connectivity index is 1.62. The van der Waals surface area contributed by atoms with E-state index in [1.807, 2.05) is 0 Å². The third-order valence-corrected chi connectivity index (χ3v) is 5.40. The maximum atomic E-state index is 12.8. The van der Waals surface area contributed by atoms with Crippen LogP contribution in [0.4, 0.5) is 5.69 Å². The van der Waals surface area contributed by atoms with Crippen LogP contribution in [0.5, 0.6) is 0 Å². The Labute approximate surface area is 140 Å². The molecular weight excluding hydrogens is 306 g/mol. The van der Waals surface area contributed by atoms with Crippen molar-refractivity contribution >= 4 is 23.5 Å². The van der Waals surface area contributed by atoms with E-state index >= 15 is 0 Å². The summed E-state index contributed by atoms with van der Waals surface area (Å²) in [6.45, 7) is 2.06. The quantitative estimate of drug-likeness (QED) is 0.487. The minimum Gasteiger partial charge on any atom is -0.462 e. The number of ether oxygens (including phenoxy) is 1. The molecule has 4 atom stereocenters. The molecule has 4 aliphatic rings. The monoisotopic (exact) mass is 325 g/mol. The number of carbonyl (C=O) groups excluding carboxylic acids is 3. The number of benzene rings is 1. The average Bonchev–Trinajstić information content (AvgIpc) is 2.90. The molecule has 5 nitrogen and oxygen atoms in total. The summed E-state index contributed by atoms with van der Waals surface area (Å²) in [6, 6.07) is 6.49. The van der Waals surface area contributed by atoms with Gasteiger partial charge in [-0.25, -0.2) is 4.79 Å². The molecule has 1 aromatic rings. The molecule has 1 aromatic carbocycles. The third kappa shape index (κ3) is 2.11. The Morgan fingerprint density at radius 3 is 2.04 bits per heavy atom. The van der Waals surface area contributed by atoms with E-state index in [0.29, 0.717) is 17.9 Å². The average molecular weight is 325 g/mol. The van der Waals surface area contributed by atoms with Gasteiger partial charge in [0.05, 0.1) is 29.7 Å². The molecular formula is C19H19NO4. The van der Waals surface area contributed by atoms with Crippen molar-refractivity contribution in [3.63, 3.8) is 0 Å². The molecule has 0 N–H and O–H groups in total. The van der Waals surface area contributed by atoms with Crippen molar-refractivity contribution in [3.8, 4) is 0 Å². The number of allylic oxidation sites excluding steroid dienone is 2. The molecule has 0 aromatic heterocycles. The number of anilines is 1. The fourth-order valence-electron chi connectivity index (χ4n) is 4.29. The normalized spacial score (nSPS) is 30.6. The first-order valence-corrected chi connectivity index (χ1v) is 8.45. The fraction of sp³-hybridized carbons (Fsp3) is 0.421. The predicted octanol–water partition coefficient (Wildman–Crippen LogP) is 2.56. The highest BCUT2D eigenvalue weighted by Crippen LogP contribution is 2.50. The molecule has 24 heavy (non-hydrogen) atoms. The molecule has 1 aliphatic heterocycles. The summed E-state index contributed by atoms with van der Waals surface area (Å²) in [5, 5.41) is 0. The van der Waals surface area contributed by atoms with Gasteiger partial charge >= 0.3 is 5.97 Å². The Morgan fingerprint density at radius 1 is 1.04 bits per heavy atom. The highest BCUT2D eigenvalue weighted by molar-refractivity contribution is 6.22. The number of nitrogens with zero attached hydrogens (tertiary/aromatic N) is 1. The first-order chi connectivity index (χ1) is 11.6. The molecule has 2 bridgehead atoms. The van der Waals surface area contributed by atoms with Crippen LogP contribution in [0.2, 0.25) is 0 Å². The highest BCUT2D eigenvalue weighted by atomic mass is 16.5. The van der Waals surface area contributed by atoms with E-state index in [4.69, 9.17) is 4.74 Å². The van der Waals surface area contributed by atoms with E-state index in [1.165, 1.54) is 4.90 Å². The van der Waals surface area contributed by atoms with Crippen LogP contribution in [0.15, 0.2) is 36.4 Å². The van der Waals surface area contributed by atoms with Gasteiger partial charge < -0.3 is 4.74 Å². The zero-order chi connectivity index (χ0) is 16.8. The standard InChI is InChI=1S/C19H19NO4/c1-2-24-19(23)13-7-9-14(10-8-13)20-17(21)15-11-3-4-12(6-5-11)16(15)18(20)22/h3-4,7-12,15-16H,2,5-6H2,1H3/t11-,12-,15-,16-/m0/s1. The molecule has 0 spiro atoms. The van der Waals surface area contributed by atoms with Crippen LogP contribution in [-0.4, -0.2) is 24.4 Å². The Morgan fingerprint density at radius 2 is 1.58 bits per heavy atom. The van der Waals surface area contributed by atoms with Crippen LogP contribution < -0.4 is 4.90 Å². The number of rotatable bonds is 3. The summed E-state index contributed by atoms with van der Waals surface area (Å²) in [7, 11) is 0. The van der Waals surface area contributed by atoms with E-state index in [1.54, 1.807) is 31.2 Å². The summed E-state index contributed by atoms with van der Waals surface area (Å²) in [4.78, 5) is 38.7. The second-order valence-corrected chi connectivity index (χ2v) is 6.62. The van der Waals surface area contributed by atoms with Gasteiger partial charge in [0.15, 0.2) is 0 Å². The van der Waals surface area contributed by atoms with E-state index in [9.17, 15) is 14.4 Å². The van der Waals surface area contributed by atoms with Gasteiger partial charge in [0.25, 0.3) is 0 Å². The molecule has 5 rings (SSSR count). The smallest absolute Gasteiger partial charge is 0.338 e.